The molecule has 0 aliphatic carbocycles. The molecule has 0 unspecified atom stereocenters. The van der Waals surface area contributed by atoms with Crippen molar-refractivity contribution in [3.8, 4) is 5.75 Å². The Balaban J connectivity index is 1.59. The molecule has 1 N–H and O–H groups in total. The van der Waals surface area contributed by atoms with E-state index in [1.807, 2.05) is 55.5 Å². The Labute approximate surface area is 217 Å². The van der Waals surface area contributed by atoms with E-state index >= 15 is 0 Å². The quantitative estimate of drug-likeness (QED) is 0.376. The summed E-state index contributed by atoms with van der Waals surface area (Å²) in [5.74, 6) is 0.173. The molecular weight excluding hydrogens is 505 g/mol. The monoisotopic (exact) mass is 525 g/mol. The van der Waals surface area contributed by atoms with E-state index in [1.54, 1.807) is 31.4 Å². The van der Waals surface area contributed by atoms with Gasteiger partial charge in [-0.25, -0.2) is 4.99 Å². The summed E-state index contributed by atoms with van der Waals surface area (Å²) in [5, 5.41) is 3.79. The number of thioether (sulfide) groups is 1. The Morgan fingerprint density at radius 1 is 1.09 bits per heavy atom. The summed E-state index contributed by atoms with van der Waals surface area (Å²) in [6, 6.07) is 19.9. The van der Waals surface area contributed by atoms with Crippen LogP contribution in [0.2, 0.25) is 10.0 Å². The summed E-state index contributed by atoms with van der Waals surface area (Å²) in [5.41, 5.74) is 3.13. The molecule has 35 heavy (non-hydrogen) atoms. The fraction of sp³-hybridized carbons (Fsp3) is 0.115. The van der Waals surface area contributed by atoms with Crippen molar-refractivity contribution in [2.45, 2.75) is 6.92 Å². The maximum atomic E-state index is 13.4. The first-order chi connectivity index (χ1) is 16.9. The molecule has 0 bridgehead atoms. The number of nitrogens with zero attached hydrogens (tertiary/aromatic N) is 2. The summed E-state index contributed by atoms with van der Waals surface area (Å²) < 4.78 is 5.20. The molecule has 0 radical (unpaired) electrons. The molecule has 0 saturated heterocycles. The van der Waals surface area contributed by atoms with Crippen molar-refractivity contribution < 1.29 is 14.3 Å². The fourth-order valence-corrected chi connectivity index (χ4v) is 4.55. The number of methoxy groups -OCH3 is 1. The zero-order valence-corrected chi connectivity index (χ0v) is 21.2. The van der Waals surface area contributed by atoms with Gasteiger partial charge in [0, 0.05) is 0 Å². The van der Waals surface area contributed by atoms with E-state index in [0.717, 1.165) is 28.6 Å². The Kier molecular flexibility index (Phi) is 7.80. The van der Waals surface area contributed by atoms with Gasteiger partial charge in [0.15, 0.2) is 5.17 Å². The predicted octanol–water partition coefficient (Wildman–Crippen LogP) is 6.43. The molecule has 0 fully saturated rings. The first-order valence-electron chi connectivity index (χ1n) is 10.6. The lowest BCUT2D eigenvalue weighted by Crippen LogP contribution is -2.31. The second-order valence-corrected chi connectivity index (χ2v) is 9.29. The highest BCUT2D eigenvalue weighted by molar-refractivity contribution is 8.14. The topological polar surface area (TPSA) is 71.0 Å². The van der Waals surface area contributed by atoms with Crippen LogP contribution in [0.5, 0.6) is 5.75 Å². The van der Waals surface area contributed by atoms with Crippen molar-refractivity contribution in [1.82, 2.24) is 0 Å². The number of anilines is 2. The van der Waals surface area contributed by atoms with Crippen LogP contribution in [0.25, 0.3) is 6.08 Å². The number of aryl methyl sites for hydroxylation is 1. The molecule has 0 spiro atoms. The number of hydrogen-bond donors (Lipinski definition) is 1. The highest BCUT2D eigenvalue weighted by Gasteiger charge is 2.33. The summed E-state index contributed by atoms with van der Waals surface area (Å²) >= 11 is 13.4. The summed E-state index contributed by atoms with van der Waals surface area (Å²) in [4.78, 5) is 32.1. The molecule has 0 saturated carbocycles. The number of hydrogen-bond acceptors (Lipinski definition) is 5. The smallest absolute Gasteiger partial charge is 0.283 e. The van der Waals surface area contributed by atoms with Gasteiger partial charge in [-0.1, -0.05) is 71.4 Å². The van der Waals surface area contributed by atoms with E-state index in [9.17, 15) is 9.59 Å². The summed E-state index contributed by atoms with van der Waals surface area (Å²) in [7, 11) is 1.60. The molecule has 1 aliphatic heterocycles. The van der Waals surface area contributed by atoms with Gasteiger partial charge < -0.3 is 10.1 Å². The Morgan fingerprint density at radius 3 is 2.54 bits per heavy atom. The van der Waals surface area contributed by atoms with Gasteiger partial charge in [0.1, 0.15) is 11.4 Å². The lowest BCUT2D eigenvalue weighted by molar-refractivity contribution is -0.114. The van der Waals surface area contributed by atoms with Crippen LogP contribution >= 0.6 is 35.0 Å². The normalized spacial score (nSPS) is 14.3. The zero-order chi connectivity index (χ0) is 24.9. The number of halogens is 2. The molecule has 6 nitrogen and oxygen atoms in total. The zero-order valence-electron chi connectivity index (χ0n) is 18.9. The molecule has 0 atom stereocenters. The Bertz CT molecular complexity index is 1340. The van der Waals surface area contributed by atoms with Gasteiger partial charge in [-0.3, -0.25) is 14.5 Å². The van der Waals surface area contributed by atoms with Crippen molar-refractivity contribution in [1.29, 1.82) is 0 Å². The van der Waals surface area contributed by atoms with Gasteiger partial charge in [0.05, 0.1) is 34.3 Å². The van der Waals surface area contributed by atoms with E-state index in [1.165, 1.54) is 4.90 Å². The maximum Gasteiger partial charge on any atom is 0.283 e. The fourth-order valence-electron chi connectivity index (χ4n) is 3.39. The van der Waals surface area contributed by atoms with Gasteiger partial charge in [-0.2, -0.15) is 0 Å². The van der Waals surface area contributed by atoms with Gasteiger partial charge >= 0.3 is 0 Å². The third kappa shape index (κ3) is 5.70. The van der Waals surface area contributed by atoms with Crippen LogP contribution in [0.1, 0.15) is 11.1 Å². The van der Waals surface area contributed by atoms with Gasteiger partial charge in [-0.15, -0.1) is 0 Å². The lowest BCUT2D eigenvalue weighted by atomic mass is 10.1. The molecule has 9 heteroatoms. The van der Waals surface area contributed by atoms with Crippen molar-refractivity contribution in [3.05, 3.63) is 93.6 Å². The first kappa shape index (κ1) is 24.9. The molecule has 3 aromatic carbocycles. The van der Waals surface area contributed by atoms with Crippen LogP contribution in [0, 0.1) is 6.92 Å². The van der Waals surface area contributed by atoms with Crippen LogP contribution in [-0.2, 0) is 9.59 Å². The average molecular weight is 526 g/mol. The van der Waals surface area contributed by atoms with E-state index in [2.05, 4.69) is 10.3 Å². The SMILES string of the molecule is COc1ccc(/C=C2/N=C(SCC(=O)Nc3cccc(Cl)c3Cl)N(c3ccccc3C)C2=O)cc1. The minimum atomic E-state index is -0.299. The second kappa shape index (κ2) is 11.0. The minimum Gasteiger partial charge on any atom is -0.497 e. The number of benzene rings is 3. The Morgan fingerprint density at radius 2 is 1.83 bits per heavy atom. The van der Waals surface area contributed by atoms with E-state index in [4.69, 9.17) is 27.9 Å². The number of amidine groups is 1. The largest absolute Gasteiger partial charge is 0.497 e. The second-order valence-electron chi connectivity index (χ2n) is 7.56. The predicted molar refractivity (Wildman–Crippen MR) is 145 cm³/mol. The van der Waals surface area contributed by atoms with Crippen molar-refractivity contribution >= 4 is 69.4 Å². The van der Waals surface area contributed by atoms with Gasteiger partial charge in [0.25, 0.3) is 5.91 Å². The third-order valence-electron chi connectivity index (χ3n) is 5.16. The lowest BCUT2D eigenvalue weighted by Gasteiger charge is -2.19. The highest BCUT2D eigenvalue weighted by atomic mass is 35.5. The average Bonchev–Trinajstić information content (AvgIpc) is 3.16. The molecule has 178 valence electrons. The molecule has 0 aromatic heterocycles. The number of ether oxygens (including phenoxy) is 1. The summed E-state index contributed by atoms with van der Waals surface area (Å²) in [6.07, 6.45) is 1.71. The van der Waals surface area contributed by atoms with Crippen molar-refractivity contribution in [2.75, 3.05) is 23.1 Å². The van der Waals surface area contributed by atoms with E-state index in [-0.39, 0.29) is 28.3 Å². The van der Waals surface area contributed by atoms with E-state index < -0.39 is 0 Å². The third-order valence-corrected chi connectivity index (χ3v) is 6.92. The van der Waals surface area contributed by atoms with Crippen molar-refractivity contribution in [3.63, 3.8) is 0 Å². The maximum absolute atomic E-state index is 13.4. The molecular formula is C26H21Cl2N3O3S. The van der Waals surface area contributed by atoms with E-state index in [0.29, 0.717) is 21.6 Å². The molecule has 1 aliphatic rings. The summed E-state index contributed by atoms with van der Waals surface area (Å²) in [6.45, 7) is 1.92. The molecule has 1 heterocycles. The number of nitrogens with one attached hydrogen (secondary N) is 1. The number of para-hydroxylation sites is 1. The molecule has 4 rings (SSSR count). The molecule has 2 amide bonds. The van der Waals surface area contributed by atoms with Crippen LogP contribution in [0.3, 0.4) is 0 Å². The van der Waals surface area contributed by atoms with Crippen LogP contribution < -0.4 is 15.0 Å². The number of carbonyl (C=O) groups excluding carboxylic acids is 2. The Hall–Kier alpha value is -3.26. The van der Waals surface area contributed by atoms with Gasteiger partial charge in [0.2, 0.25) is 5.91 Å². The van der Waals surface area contributed by atoms with Crippen molar-refractivity contribution in [2.24, 2.45) is 4.99 Å². The van der Waals surface area contributed by atoms with Crippen LogP contribution in [0.4, 0.5) is 11.4 Å². The first-order valence-corrected chi connectivity index (χ1v) is 12.3. The van der Waals surface area contributed by atoms with Crippen LogP contribution in [0.15, 0.2) is 77.4 Å². The van der Waals surface area contributed by atoms with Gasteiger partial charge in [-0.05, 0) is 54.5 Å². The number of rotatable bonds is 6. The number of carbonyl (C=O) groups is 2. The highest BCUT2D eigenvalue weighted by Crippen LogP contribution is 2.32. The minimum absolute atomic E-state index is 0.0210. The molecule has 3 aromatic rings. The standard InChI is InChI=1S/C26H21Cl2N3O3S/c1-16-6-3-4-9-22(16)31-25(33)21(14-17-10-12-18(34-2)13-11-17)30-26(31)35-15-23(32)29-20-8-5-7-19(27)24(20)28/h3-14H,15H2,1-2H3,(H,29,32)/b21-14+. The number of aliphatic imine (C=N–C) groups is 1. The van der Waals surface area contributed by atoms with Crippen LogP contribution in [-0.4, -0.2) is 29.8 Å². The number of amides is 2.